The molecule has 0 aromatic heterocycles. The van der Waals surface area contributed by atoms with Crippen molar-refractivity contribution < 1.29 is 10.2 Å². The first kappa shape index (κ1) is 18.9. The average Bonchev–Trinajstić information content (AvgIpc) is 2.40. The third-order valence-electron chi connectivity index (χ3n) is 3.63. The van der Waals surface area contributed by atoms with Crippen molar-refractivity contribution in [3.63, 3.8) is 0 Å². The maximum absolute atomic E-state index is 9.30. The zero-order chi connectivity index (χ0) is 14.3. The molecule has 0 aliphatic rings. The van der Waals surface area contributed by atoms with E-state index in [-0.39, 0.29) is 6.61 Å². The van der Waals surface area contributed by atoms with Crippen molar-refractivity contribution in [1.29, 1.82) is 0 Å². The summed E-state index contributed by atoms with van der Waals surface area (Å²) in [6, 6.07) is 0. The first-order valence-corrected chi connectivity index (χ1v) is 8.18. The van der Waals surface area contributed by atoms with Crippen LogP contribution in [0.5, 0.6) is 0 Å². The number of likely N-dealkylation sites (N-methyl/N-ethyl adjacent to an activating group) is 1. The molecule has 0 bridgehead atoms. The molecule has 116 valence electrons. The molecule has 1 atom stereocenters. The molecule has 0 fully saturated rings. The lowest BCUT2D eigenvalue weighted by molar-refractivity contribution is 0.0662. The van der Waals surface area contributed by atoms with E-state index in [0.717, 1.165) is 6.54 Å². The first-order chi connectivity index (χ1) is 9.20. The van der Waals surface area contributed by atoms with Gasteiger partial charge in [-0.1, -0.05) is 64.7 Å². The maximum Gasteiger partial charge on any atom is 0.0897 e. The van der Waals surface area contributed by atoms with Gasteiger partial charge in [-0.2, -0.15) is 0 Å². The molecule has 3 heteroatoms. The lowest BCUT2D eigenvalue weighted by atomic mass is 10.1. The van der Waals surface area contributed by atoms with Crippen molar-refractivity contribution in [3.8, 4) is 0 Å². The Kier molecular flexibility index (Phi) is 14.2. The van der Waals surface area contributed by atoms with Crippen LogP contribution in [0.4, 0.5) is 0 Å². The van der Waals surface area contributed by atoms with E-state index >= 15 is 0 Å². The molecular weight excluding hydrogens is 238 g/mol. The molecule has 0 aromatic carbocycles. The van der Waals surface area contributed by atoms with E-state index in [2.05, 4.69) is 11.8 Å². The van der Waals surface area contributed by atoms with Gasteiger partial charge in [0.1, 0.15) is 0 Å². The third-order valence-corrected chi connectivity index (χ3v) is 3.63. The van der Waals surface area contributed by atoms with Gasteiger partial charge in [-0.05, 0) is 20.0 Å². The molecule has 0 spiro atoms. The average molecular weight is 273 g/mol. The molecule has 0 rings (SSSR count). The fourth-order valence-corrected chi connectivity index (χ4v) is 2.38. The topological polar surface area (TPSA) is 43.7 Å². The van der Waals surface area contributed by atoms with Crippen LogP contribution in [0, 0.1) is 0 Å². The van der Waals surface area contributed by atoms with E-state index in [1.165, 1.54) is 64.2 Å². The minimum Gasteiger partial charge on any atom is -0.394 e. The fraction of sp³-hybridized carbons (Fsp3) is 1.00. The lowest BCUT2D eigenvalue weighted by Crippen LogP contribution is -2.31. The minimum atomic E-state index is -0.590. The highest BCUT2D eigenvalue weighted by atomic mass is 16.3. The number of aliphatic hydroxyl groups is 2. The van der Waals surface area contributed by atoms with Crippen LogP contribution in [0.25, 0.3) is 0 Å². The number of nitrogens with zero attached hydrogens (tertiary/aromatic N) is 1. The highest BCUT2D eigenvalue weighted by molar-refractivity contribution is 4.59. The number of hydrogen-bond acceptors (Lipinski definition) is 3. The number of aliphatic hydroxyl groups excluding tert-OH is 2. The zero-order valence-corrected chi connectivity index (χ0v) is 13.1. The van der Waals surface area contributed by atoms with Gasteiger partial charge in [0.15, 0.2) is 0 Å². The van der Waals surface area contributed by atoms with Crippen molar-refractivity contribution in [2.24, 2.45) is 0 Å². The Balaban J connectivity index is 3.13. The Morgan fingerprint density at radius 3 is 1.79 bits per heavy atom. The predicted molar refractivity (Wildman–Crippen MR) is 82.4 cm³/mol. The van der Waals surface area contributed by atoms with Crippen LogP contribution < -0.4 is 0 Å². The van der Waals surface area contributed by atoms with E-state index in [1.807, 2.05) is 7.05 Å². The molecule has 0 saturated carbocycles. The second kappa shape index (κ2) is 14.3. The van der Waals surface area contributed by atoms with Crippen LogP contribution in [0.1, 0.15) is 71.1 Å². The molecule has 0 aromatic rings. The minimum absolute atomic E-state index is 0.137. The van der Waals surface area contributed by atoms with E-state index in [0.29, 0.717) is 6.54 Å². The maximum atomic E-state index is 9.30. The largest absolute Gasteiger partial charge is 0.394 e. The van der Waals surface area contributed by atoms with E-state index < -0.39 is 6.10 Å². The molecular formula is C16H35NO2. The highest BCUT2D eigenvalue weighted by Crippen LogP contribution is 2.10. The van der Waals surface area contributed by atoms with Gasteiger partial charge in [0.05, 0.1) is 12.7 Å². The van der Waals surface area contributed by atoms with Crippen molar-refractivity contribution in [2.45, 2.75) is 77.2 Å². The summed E-state index contributed by atoms with van der Waals surface area (Å²) in [6.07, 6.45) is 13.0. The summed E-state index contributed by atoms with van der Waals surface area (Å²) in [7, 11) is 2.01. The number of hydrogen-bond donors (Lipinski definition) is 2. The molecule has 0 heterocycles. The fourth-order valence-electron chi connectivity index (χ4n) is 2.38. The van der Waals surface area contributed by atoms with E-state index in [4.69, 9.17) is 5.11 Å². The van der Waals surface area contributed by atoms with Gasteiger partial charge in [0.2, 0.25) is 0 Å². The zero-order valence-electron chi connectivity index (χ0n) is 13.1. The van der Waals surface area contributed by atoms with Crippen LogP contribution in [0.2, 0.25) is 0 Å². The van der Waals surface area contributed by atoms with Gasteiger partial charge in [0, 0.05) is 6.54 Å². The van der Waals surface area contributed by atoms with Crippen LogP contribution >= 0.6 is 0 Å². The van der Waals surface area contributed by atoms with Gasteiger partial charge in [-0.3, -0.25) is 0 Å². The molecule has 0 radical (unpaired) electrons. The molecule has 0 aliphatic carbocycles. The number of unbranched alkanes of at least 4 members (excludes halogenated alkanes) is 9. The van der Waals surface area contributed by atoms with Crippen molar-refractivity contribution in [2.75, 3.05) is 26.7 Å². The SMILES string of the molecule is CCCCCCCCCCCCN(C)CC(O)CO. The standard InChI is InChI=1S/C16H35NO2/c1-3-4-5-6-7-8-9-10-11-12-13-17(2)14-16(19)15-18/h16,18-19H,3-15H2,1-2H3. The van der Waals surface area contributed by atoms with E-state index in [1.54, 1.807) is 0 Å². The molecule has 0 aliphatic heterocycles. The lowest BCUT2D eigenvalue weighted by Gasteiger charge is -2.18. The van der Waals surface area contributed by atoms with Crippen LogP contribution in [0.15, 0.2) is 0 Å². The summed E-state index contributed by atoms with van der Waals surface area (Å²) < 4.78 is 0. The van der Waals surface area contributed by atoms with Crippen molar-refractivity contribution >= 4 is 0 Å². The summed E-state index contributed by atoms with van der Waals surface area (Å²) in [5.41, 5.74) is 0. The Morgan fingerprint density at radius 1 is 0.842 bits per heavy atom. The van der Waals surface area contributed by atoms with Crippen LogP contribution in [-0.2, 0) is 0 Å². The summed E-state index contributed by atoms with van der Waals surface area (Å²) in [5.74, 6) is 0. The number of rotatable bonds is 14. The first-order valence-electron chi connectivity index (χ1n) is 8.18. The smallest absolute Gasteiger partial charge is 0.0897 e. The van der Waals surface area contributed by atoms with Gasteiger partial charge in [0.25, 0.3) is 0 Å². The summed E-state index contributed by atoms with van der Waals surface area (Å²) in [6.45, 7) is 3.72. The monoisotopic (exact) mass is 273 g/mol. The second-order valence-electron chi connectivity index (χ2n) is 5.78. The molecule has 3 nitrogen and oxygen atoms in total. The Morgan fingerprint density at radius 2 is 1.32 bits per heavy atom. The summed E-state index contributed by atoms with van der Waals surface area (Å²) in [4.78, 5) is 2.10. The second-order valence-corrected chi connectivity index (χ2v) is 5.78. The predicted octanol–water partition coefficient (Wildman–Crippen LogP) is 3.19. The molecule has 1 unspecified atom stereocenters. The highest BCUT2D eigenvalue weighted by Gasteiger charge is 2.05. The normalized spacial score (nSPS) is 13.1. The van der Waals surface area contributed by atoms with Gasteiger partial charge < -0.3 is 15.1 Å². The van der Waals surface area contributed by atoms with Crippen LogP contribution in [0.3, 0.4) is 0 Å². The molecule has 0 saturated heterocycles. The van der Waals surface area contributed by atoms with Crippen LogP contribution in [-0.4, -0.2) is 48.0 Å². The van der Waals surface area contributed by atoms with Gasteiger partial charge in [-0.25, -0.2) is 0 Å². The molecule has 19 heavy (non-hydrogen) atoms. The van der Waals surface area contributed by atoms with Gasteiger partial charge in [-0.15, -0.1) is 0 Å². The summed E-state index contributed by atoms with van der Waals surface area (Å²) in [5, 5.41) is 18.1. The molecule has 2 N–H and O–H groups in total. The van der Waals surface area contributed by atoms with Gasteiger partial charge >= 0.3 is 0 Å². The summed E-state index contributed by atoms with van der Waals surface area (Å²) >= 11 is 0. The quantitative estimate of drug-likeness (QED) is 0.478. The Labute approximate surface area is 120 Å². The Bertz CT molecular complexity index is 176. The van der Waals surface area contributed by atoms with Crippen molar-refractivity contribution in [3.05, 3.63) is 0 Å². The van der Waals surface area contributed by atoms with E-state index in [9.17, 15) is 5.11 Å². The van der Waals surface area contributed by atoms with Crippen molar-refractivity contribution in [1.82, 2.24) is 4.90 Å². The third kappa shape index (κ3) is 14.1. The molecule has 0 amide bonds. The Hall–Kier alpha value is -0.120.